The highest BCUT2D eigenvalue weighted by Gasteiger charge is 2.15. The van der Waals surface area contributed by atoms with Crippen molar-refractivity contribution in [3.63, 3.8) is 0 Å². The Morgan fingerprint density at radius 2 is 2.16 bits per heavy atom. The minimum Gasteiger partial charge on any atom is -0.469 e. The van der Waals surface area contributed by atoms with Crippen molar-refractivity contribution in [1.82, 2.24) is 4.98 Å². The molecule has 0 bridgehead atoms. The largest absolute Gasteiger partial charge is 0.469 e. The van der Waals surface area contributed by atoms with Crippen molar-refractivity contribution in [3.8, 4) is 10.6 Å². The van der Waals surface area contributed by atoms with Gasteiger partial charge in [0, 0.05) is 5.56 Å². The number of esters is 1. The molecule has 0 atom stereocenters. The van der Waals surface area contributed by atoms with Gasteiger partial charge in [0.05, 0.1) is 23.0 Å². The average molecular weight is 348 g/mol. The highest BCUT2D eigenvalue weighted by molar-refractivity contribution is 9.11. The average Bonchev–Trinajstić information content (AvgIpc) is 2.74. The number of carbonyl (C=O) groups excluding carboxylic acids is 1. The fourth-order valence-electron chi connectivity index (χ4n) is 1.40. The number of ether oxygens (including phenoxy) is 1. The highest BCUT2D eigenvalue weighted by Crippen LogP contribution is 2.32. The van der Waals surface area contributed by atoms with Crippen LogP contribution in [0.2, 0.25) is 0 Å². The van der Waals surface area contributed by atoms with Crippen molar-refractivity contribution in [2.75, 3.05) is 7.11 Å². The molecular formula is C12H8BrF2NO2S. The molecule has 0 saturated heterocycles. The van der Waals surface area contributed by atoms with Crippen molar-refractivity contribution in [1.29, 1.82) is 0 Å². The quantitative estimate of drug-likeness (QED) is 0.797. The number of methoxy groups -OCH3 is 1. The molecule has 1 aromatic carbocycles. The van der Waals surface area contributed by atoms with Crippen LogP contribution in [-0.4, -0.2) is 18.1 Å². The second kappa shape index (κ2) is 5.75. The molecule has 3 nitrogen and oxygen atoms in total. The number of halogens is 3. The molecule has 0 unspecified atom stereocenters. The maximum Gasteiger partial charge on any atom is 0.311 e. The van der Waals surface area contributed by atoms with Gasteiger partial charge in [-0.3, -0.25) is 4.79 Å². The zero-order valence-corrected chi connectivity index (χ0v) is 12.1. The van der Waals surface area contributed by atoms with Gasteiger partial charge in [-0.15, -0.1) is 11.3 Å². The van der Waals surface area contributed by atoms with Crippen LogP contribution < -0.4 is 0 Å². The van der Waals surface area contributed by atoms with E-state index >= 15 is 0 Å². The molecule has 0 saturated carbocycles. The summed E-state index contributed by atoms with van der Waals surface area (Å²) in [6, 6.07) is 3.55. The minimum atomic E-state index is -0.932. The van der Waals surface area contributed by atoms with E-state index in [2.05, 4.69) is 25.7 Å². The third-order valence-electron chi connectivity index (χ3n) is 2.36. The Morgan fingerprint density at radius 3 is 2.79 bits per heavy atom. The third-order valence-corrected chi connectivity index (χ3v) is 4.23. The van der Waals surface area contributed by atoms with Crippen LogP contribution in [0, 0.1) is 11.6 Å². The van der Waals surface area contributed by atoms with Crippen LogP contribution >= 0.6 is 27.3 Å². The molecule has 0 aliphatic carbocycles. The summed E-state index contributed by atoms with van der Waals surface area (Å²) in [5.41, 5.74) is 0.970. The van der Waals surface area contributed by atoms with Gasteiger partial charge in [0.25, 0.3) is 0 Å². The van der Waals surface area contributed by atoms with Crippen molar-refractivity contribution < 1.29 is 18.3 Å². The van der Waals surface area contributed by atoms with Crippen LogP contribution in [0.15, 0.2) is 22.0 Å². The predicted molar refractivity (Wildman–Crippen MR) is 70.9 cm³/mol. The first-order valence-corrected chi connectivity index (χ1v) is 6.79. The van der Waals surface area contributed by atoms with Gasteiger partial charge in [-0.05, 0) is 34.1 Å². The molecule has 0 spiro atoms. The first-order chi connectivity index (χ1) is 9.01. The van der Waals surface area contributed by atoms with Crippen LogP contribution in [0.1, 0.15) is 5.69 Å². The maximum atomic E-state index is 13.2. The van der Waals surface area contributed by atoms with Gasteiger partial charge in [-0.1, -0.05) is 0 Å². The van der Waals surface area contributed by atoms with E-state index in [4.69, 9.17) is 0 Å². The zero-order chi connectivity index (χ0) is 14.0. The van der Waals surface area contributed by atoms with E-state index in [1.807, 2.05) is 0 Å². The lowest BCUT2D eigenvalue weighted by Gasteiger charge is -1.97. The van der Waals surface area contributed by atoms with Crippen LogP contribution in [-0.2, 0) is 16.0 Å². The van der Waals surface area contributed by atoms with Gasteiger partial charge < -0.3 is 4.74 Å². The fraction of sp³-hybridized carbons (Fsp3) is 0.167. The molecular weight excluding hydrogens is 340 g/mol. The van der Waals surface area contributed by atoms with Gasteiger partial charge >= 0.3 is 5.97 Å². The van der Waals surface area contributed by atoms with Crippen LogP contribution in [0.3, 0.4) is 0 Å². The molecule has 0 fully saturated rings. The molecule has 1 aromatic heterocycles. The molecule has 100 valence electrons. The molecule has 0 aliphatic rings. The monoisotopic (exact) mass is 347 g/mol. The van der Waals surface area contributed by atoms with Gasteiger partial charge in [0.15, 0.2) is 11.6 Å². The first kappa shape index (κ1) is 14.1. The van der Waals surface area contributed by atoms with Gasteiger partial charge in [-0.25, -0.2) is 13.8 Å². The normalized spacial score (nSPS) is 10.5. The number of carbonyl (C=O) groups is 1. The molecule has 2 aromatic rings. The lowest BCUT2D eigenvalue weighted by molar-refractivity contribution is -0.139. The summed E-state index contributed by atoms with van der Waals surface area (Å²) in [4.78, 5) is 15.4. The molecule has 0 aliphatic heterocycles. The maximum absolute atomic E-state index is 13.2. The smallest absolute Gasteiger partial charge is 0.311 e. The zero-order valence-electron chi connectivity index (χ0n) is 9.75. The summed E-state index contributed by atoms with van der Waals surface area (Å²) in [6.45, 7) is 0. The number of hydrogen-bond acceptors (Lipinski definition) is 4. The lowest BCUT2D eigenvalue weighted by atomic mass is 10.2. The van der Waals surface area contributed by atoms with Crippen LogP contribution in [0.5, 0.6) is 0 Å². The van der Waals surface area contributed by atoms with Gasteiger partial charge in [0.1, 0.15) is 5.01 Å². The first-order valence-electron chi connectivity index (χ1n) is 5.18. The number of benzene rings is 1. The molecule has 0 N–H and O–H groups in total. The van der Waals surface area contributed by atoms with Gasteiger partial charge in [0.2, 0.25) is 0 Å². The lowest BCUT2D eigenvalue weighted by Crippen LogP contribution is -2.05. The predicted octanol–water partition coefficient (Wildman–Crippen LogP) is 3.57. The highest BCUT2D eigenvalue weighted by atomic mass is 79.9. The molecule has 2 rings (SSSR count). The summed E-state index contributed by atoms with van der Waals surface area (Å²) in [5, 5.41) is 0.504. The standard InChI is InChI=1S/C12H8BrF2NO2S/c1-18-10(17)5-9-11(13)19-12(16-9)6-2-3-7(14)8(15)4-6/h2-4H,5H2,1H3. The Bertz CT molecular complexity index is 630. The number of nitrogens with zero attached hydrogens (tertiary/aromatic N) is 1. The molecule has 7 heteroatoms. The number of aromatic nitrogens is 1. The molecule has 1 heterocycles. The van der Waals surface area contributed by atoms with E-state index in [0.29, 0.717) is 20.1 Å². The van der Waals surface area contributed by atoms with Crippen molar-refractivity contribution in [3.05, 3.63) is 39.3 Å². The van der Waals surface area contributed by atoms with E-state index in [1.54, 1.807) is 0 Å². The summed E-state index contributed by atoms with van der Waals surface area (Å²) < 4.78 is 31.2. The summed E-state index contributed by atoms with van der Waals surface area (Å²) in [7, 11) is 1.29. The van der Waals surface area contributed by atoms with E-state index in [9.17, 15) is 13.6 Å². The van der Waals surface area contributed by atoms with Crippen molar-refractivity contribution >= 4 is 33.2 Å². The summed E-state index contributed by atoms with van der Waals surface area (Å²) in [6.07, 6.45) is 0.0251. The second-order valence-corrected chi connectivity index (χ2v) is 5.94. The number of rotatable bonds is 3. The third kappa shape index (κ3) is 3.16. The summed E-state index contributed by atoms with van der Waals surface area (Å²) in [5.74, 6) is -2.25. The summed E-state index contributed by atoms with van der Waals surface area (Å²) >= 11 is 4.53. The number of thiazole rings is 1. The Hall–Kier alpha value is -1.34. The Morgan fingerprint density at radius 1 is 1.42 bits per heavy atom. The van der Waals surface area contributed by atoms with Crippen LogP contribution in [0.4, 0.5) is 8.78 Å². The molecule has 19 heavy (non-hydrogen) atoms. The Balaban J connectivity index is 2.33. The van der Waals surface area contributed by atoms with Gasteiger partial charge in [-0.2, -0.15) is 0 Å². The topological polar surface area (TPSA) is 39.2 Å². The van der Waals surface area contributed by atoms with Crippen molar-refractivity contribution in [2.24, 2.45) is 0 Å². The second-order valence-electron chi connectivity index (χ2n) is 3.62. The Labute approximate surface area is 120 Å². The Kier molecular flexibility index (Phi) is 4.26. The minimum absolute atomic E-state index is 0.0251. The fourth-order valence-corrected chi connectivity index (χ4v) is 2.90. The molecule has 0 radical (unpaired) electrons. The van der Waals surface area contributed by atoms with E-state index in [0.717, 1.165) is 12.1 Å². The van der Waals surface area contributed by atoms with E-state index < -0.39 is 17.6 Å². The van der Waals surface area contributed by atoms with Crippen molar-refractivity contribution in [2.45, 2.75) is 6.42 Å². The van der Waals surface area contributed by atoms with E-state index in [1.165, 1.54) is 24.5 Å². The molecule has 0 amide bonds. The van der Waals surface area contributed by atoms with Crippen LogP contribution in [0.25, 0.3) is 10.6 Å². The van der Waals surface area contributed by atoms with E-state index in [-0.39, 0.29) is 6.42 Å². The SMILES string of the molecule is COC(=O)Cc1nc(-c2ccc(F)c(F)c2)sc1Br. The number of hydrogen-bond donors (Lipinski definition) is 0.